The van der Waals surface area contributed by atoms with Gasteiger partial charge in [0.05, 0.1) is 35.2 Å². The van der Waals surface area contributed by atoms with Crippen LogP contribution in [0.15, 0.2) is 47.6 Å². The standard InChI is InChI=1S/C22H32N4O3S/c1-5-29-15-19(12-16(2)3)25-30(27,28)20-8-6-18(7-9-20)14-26-17(4)24-21-13-23-11-10-22(21)26/h6-11,13,16-17,19,24-25H,5,12,14-15H2,1-4H3/t17?,19-/m0/s1. The van der Waals surface area contributed by atoms with Crippen molar-refractivity contribution in [3.8, 4) is 0 Å². The van der Waals surface area contributed by atoms with E-state index in [9.17, 15) is 8.42 Å². The molecule has 2 atom stereocenters. The van der Waals surface area contributed by atoms with Crippen molar-refractivity contribution >= 4 is 21.4 Å². The van der Waals surface area contributed by atoms with Crippen LogP contribution in [0.1, 0.15) is 39.7 Å². The van der Waals surface area contributed by atoms with Gasteiger partial charge in [-0.15, -0.1) is 0 Å². The fourth-order valence-corrected chi connectivity index (χ4v) is 4.95. The number of sulfonamides is 1. The number of ether oxygens (including phenoxy) is 1. The highest BCUT2D eigenvalue weighted by Crippen LogP contribution is 2.34. The summed E-state index contributed by atoms with van der Waals surface area (Å²) in [7, 11) is -3.60. The van der Waals surface area contributed by atoms with Crippen LogP contribution in [-0.2, 0) is 21.3 Å². The second-order valence-corrected chi connectivity index (χ2v) is 9.81. The lowest BCUT2D eigenvalue weighted by Gasteiger charge is -2.24. The molecular formula is C22H32N4O3S. The zero-order chi connectivity index (χ0) is 21.7. The molecule has 2 heterocycles. The SMILES string of the molecule is CCOC[C@H](CC(C)C)NS(=O)(=O)c1ccc(CN2c3ccncc3NC2C)cc1. The van der Waals surface area contributed by atoms with Crippen LogP contribution in [0, 0.1) is 5.92 Å². The van der Waals surface area contributed by atoms with Crippen LogP contribution in [0.25, 0.3) is 0 Å². The molecule has 3 rings (SSSR count). The lowest BCUT2D eigenvalue weighted by Crippen LogP contribution is -2.39. The highest BCUT2D eigenvalue weighted by atomic mass is 32.2. The van der Waals surface area contributed by atoms with Gasteiger partial charge in [-0.2, -0.15) is 0 Å². The predicted octanol–water partition coefficient (Wildman–Crippen LogP) is 3.59. The minimum atomic E-state index is -3.60. The number of aromatic nitrogens is 1. The molecule has 0 aliphatic carbocycles. The van der Waals surface area contributed by atoms with E-state index in [1.165, 1.54) is 0 Å². The number of fused-ring (bicyclic) bond motifs is 1. The molecule has 0 saturated carbocycles. The van der Waals surface area contributed by atoms with Crippen LogP contribution in [0.4, 0.5) is 11.4 Å². The van der Waals surface area contributed by atoms with Crippen molar-refractivity contribution in [1.82, 2.24) is 9.71 Å². The number of anilines is 2. The van der Waals surface area contributed by atoms with E-state index in [1.54, 1.807) is 18.3 Å². The summed E-state index contributed by atoms with van der Waals surface area (Å²) in [6.45, 7) is 9.77. The molecule has 2 N–H and O–H groups in total. The first-order valence-corrected chi connectivity index (χ1v) is 11.9. The first-order valence-electron chi connectivity index (χ1n) is 10.5. The van der Waals surface area contributed by atoms with Crippen molar-refractivity contribution in [2.24, 2.45) is 5.92 Å². The fraction of sp³-hybridized carbons (Fsp3) is 0.500. The van der Waals surface area contributed by atoms with Crippen molar-refractivity contribution in [2.75, 3.05) is 23.4 Å². The second kappa shape index (κ2) is 9.76. The number of pyridine rings is 1. The van der Waals surface area contributed by atoms with E-state index in [2.05, 4.69) is 40.7 Å². The Morgan fingerprint density at radius 3 is 2.63 bits per heavy atom. The topological polar surface area (TPSA) is 83.6 Å². The maximum Gasteiger partial charge on any atom is 0.240 e. The summed E-state index contributed by atoms with van der Waals surface area (Å²) in [5, 5.41) is 3.40. The first kappa shape index (κ1) is 22.5. The van der Waals surface area contributed by atoms with Crippen molar-refractivity contribution in [1.29, 1.82) is 0 Å². The molecule has 0 spiro atoms. The Hall–Kier alpha value is -2.16. The summed E-state index contributed by atoms with van der Waals surface area (Å²) in [5.41, 5.74) is 3.16. The van der Waals surface area contributed by atoms with Gasteiger partial charge in [0.2, 0.25) is 10.0 Å². The quantitative estimate of drug-likeness (QED) is 0.597. The van der Waals surface area contributed by atoms with E-state index in [-0.39, 0.29) is 17.1 Å². The Morgan fingerprint density at radius 1 is 1.23 bits per heavy atom. The summed E-state index contributed by atoms with van der Waals surface area (Å²) in [6.07, 6.45) is 4.47. The number of benzene rings is 1. The summed E-state index contributed by atoms with van der Waals surface area (Å²) in [4.78, 5) is 6.67. The van der Waals surface area contributed by atoms with Crippen LogP contribution in [-0.4, -0.2) is 38.8 Å². The molecule has 0 bridgehead atoms. The fourth-order valence-electron chi connectivity index (χ4n) is 3.72. The lowest BCUT2D eigenvalue weighted by atomic mass is 10.1. The number of rotatable bonds is 10. The van der Waals surface area contributed by atoms with Crippen LogP contribution in [0.5, 0.6) is 0 Å². The molecule has 0 radical (unpaired) electrons. The van der Waals surface area contributed by atoms with Crippen LogP contribution >= 0.6 is 0 Å². The molecule has 0 fully saturated rings. The Labute approximate surface area is 179 Å². The van der Waals surface area contributed by atoms with E-state index in [0.717, 1.165) is 23.4 Å². The van der Waals surface area contributed by atoms with Crippen LogP contribution in [0.3, 0.4) is 0 Å². The molecule has 1 aromatic carbocycles. The molecule has 0 saturated heterocycles. The molecule has 8 heteroatoms. The van der Waals surface area contributed by atoms with Gasteiger partial charge in [0.25, 0.3) is 0 Å². The summed E-state index contributed by atoms with van der Waals surface area (Å²) >= 11 is 0. The van der Waals surface area contributed by atoms with Crippen LogP contribution < -0.4 is 14.9 Å². The lowest BCUT2D eigenvalue weighted by molar-refractivity contribution is 0.122. The van der Waals surface area contributed by atoms with Crippen molar-refractivity contribution < 1.29 is 13.2 Å². The maximum atomic E-state index is 12.9. The van der Waals surface area contributed by atoms with Gasteiger partial charge in [0.15, 0.2) is 0 Å². The Bertz CT molecular complexity index is 932. The normalized spacial score (nSPS) is 17.1. The van der Waals surface area contributed by atoms with Crippen molar-refractivity contribution in [3.63, 3.8) is 0 Å². The zero-order valence-corrected chi connectivity index (χ0v) is 18.9. The Kier molecular flexibility index (Phi) is 7.33. The third-order valence-electron chi connectivity index (χ3n) is 5.13. The smallest absolute Gasteiger partial charge is 0.240 e. The second-order valence-electron chi connectivity index (χ2n) is 8.09. The van der Waals surface area contributed by atoms with Gasteiger partial charge in [-0.05, 0) is 49.9 Å². The molecule has 164 valence electrons. The highest BCUT2D eigenvalue weighted by molar-refractivity contribution is 7.89. The average Bonchev–Trinajstić information content (AvgIpc) is 3.01. The number of hydrogen-bond acceptors (Lipinski definition) is 6. The molecule has 30 heavy (non-hydrogen) atoms. The number of nitrogens with zero attached hydrogens (tertiary/aromatic N) is 2. The third kappa shape index (κ3) is 5.50. The third-order valence-corrected chi connectivity index (χ3v) is 6.66. The molecule has 1 unspecified atom stereocenters. The van der Waals surface area contributed by atoms with Gasteiger partial charge >= 0.3 is 0 Å². The largest absolute Gasteiger partial charge is 0.380 e. The van der Waals surface area contributed by atoms with Gasteiger partial charge in [-0.1, -0.05) is 26.0 Å². The molecule has 1 aliphatic rings. The molecule has 0 amide bonds. The summed E-state index contributed by atoms with van der Waals surface area (Å²) < 4.78 is 34.0. The van der Waals surface area contributed by atoms with E-state index >= 15 is 0 Å². The number of hydrogen-bond donors (Lipinski definition) is 2. The Balaban J connectivity index is 1.70. The summed E-state index contributed by atoms with van der Waals surface area (Å²) in [6, 6.07) is 8.85. The van der Waals surface area contributed by atoms with Crippen molar-refractivity contribution in [2.45, 2.75) is 57.8 Å². The zero-order valence-electron chi connectivity index (χ0n) is 18.1. The van der Waals surface area contributed by atoms with Gasteiger partial charge in [-0.3, -0.25) is 4.98 Å². The minimum absolute atomic E-state index is 0.143. The van der Waals surface area contributed by atoms with E-state index in [1.807, 2.05) is 31.3 Å². The predicted molar refractivity (Wildman–Crippen MR) is 120 cm³/mol. The monoisotopic (exact) mass is 432 g/mol. The highest BCUT2D eigenvalue weighted by Gasteiger charge is 2.25. The molecule has 1 aromatic heterocycles. The first-order chi connectivity index (χ1) is 14.3. The molecule has 7 nitrogen and oxygen atoms in total. The summed E-state index contributed by atoms with van der Waals surface area (Å²) in [5.74, 6) is 0.370. The van der Waals surface area contributed by atoms with Crippen LogP contribution in [0.2, 0.25) is 0 Å². The molecule has 1 aliphatic heterocycles. The van der Waals surface area contributed by atoms with Gasteiger partial charge < -0.3 is 15.0 Å². The minimum Gasteiger partial charge on any atom is -0.380 e. The Morgan fingerprint density at radius 2 is 1.97 bits per heavy atom. The van der Waals surface area contributed by atoms with Crippen molar-refractivity contribution in [3.05, 3.63) is 48.3 Å². The maximum absolute atomic E-state index is 12.9. The molecular weight excluding hydrogens is 400 g/mol. The number of nitrogens with one attached hydrogen (secondary N) is 2. The average molecular weight is 433 g/mol. The van der Waals surface area contributed by atoms with Gasteiger partial charge in [0, 0.05) is 25.4 Å². The van der Waals surface area contributed by atoms with E-state index in [4.69, 9.17) is 4.74 Å². The van der Waals surface area contributed by atoms with Gasteiger partial charge in [-0.25, -0.2) is 13.1 Å². The van der Waals surface area contributed by atoms with E-state index in [0.29, 0.717) is 25.7 Å². The molecule has 2 aromatic rings. The van der Waals surface area contributed by atoms with Gasteiger partial charge in [0.1, 0.15) is 0 Å². The van der Waals surface area contributed by atoms with E-state index < -0.39 is 10.0 Å².